The number of rotatable bonds is 10. The van der Waals surface area contributed by atoms with Gasteiger partial charge in [0.2, 0.25) is 0 Å². The van der Waals surface area contributed by atoms with Crippen LogP contribution in [0, 0.1) is 6.92 Å². The topological polar surface area (TPSA) is 24.6 Å². The van der Waals surface area contributed by atoms with Crippen LogP contribution in [0.1, 0.15) is 89.4 Å². The molecule has 364 valence electrons. The molecule has 3 aliphatic rings. The van der Waals surface area contributed by atoms with E-state index in [1.165, 1.54) is 111 Å². The minimum Gasteiger partial charge on any atom is -0.314 e. The first kappa shape index (κ1) is 44.9. The van der Waals surface area contributed by atoms with E-state index in [1.807, 2.05) is 6.08 Å². The number of nitrogens with zero attached hydrogens (tertiary/aromatic N) is 5. The van der Waals surface area contributed by atoms with Crippen molar-refractivity contribution >= 4 is 96.3 Å². The van der Waals surface area contributed by atoms with Gasteiger partial charge in [-0.05, 0) is 167 Å². The molecule has 0 unspecified atom stereocenters. The largest absolute Gasteiger partial charge is 0.314 e. The van der Waals surface area contributed by atoms with E-state index < -0.39 is 0 Å². The van der Waals surface area contributed by atoms with Crippen LogP contribution < -0.4 is 0 Å². The maximum absolute atomic E-state index is 4.31. The molecule has 0 amide bonds. The third-order valence-corrected chi connectivity index (χ3v) is 16.3. The van der Waals surface area contributed by atoms with E-state index in [4.69, 9.17) is 0 Å². The average Bonchev–Trinajstić information content (AvgIpc) is 4.35. The molecule has 0 fully saturated rings. The van der Waals surface area contributed by atoms with Gasteiger partial charge in [0.1, 0.15) is 0 Å². The second kappa shape index (κ2) is 18.0. The molecule has 0 N–H and O–H groups in total. The van der Waals surface area contributed by atoms with Gasteiger partial charge in [-0.3, -0.25) is 0 Å². The SMILES string of the molecule is C=C/C=C(\C=C(/C)n1c(/C=C\c2cc3ccccc3n2-c2cc(CC)cc(-n3c4c(c5ccccc53)C=CCC4)c2)c(C)c2ccccc21)n1c2c(c3c1ccc1c4c(n(-c5ccccc5)c13)CCC=C4)CCC=C2. The zero-order valence-electron chi connectivity index (χ0n) is 43.0. The Morgan fingerprint density at radius 1 is 0.573 bits per heavy atom. The fraction of sp³-hybridized carbons (Fsp3) is 0.143. The van der Waals surface area contributed by atoms with Crippen molar-refractivity contribution in [3.63, 3.8) is 0 Å². The maximum Gasteiger partial charge on any atom is 0.0634 e. The fourth-order valence-electron chi connectivity index (χ4n) is 13.1. The summed E-state index contributed by atoms with van der Waals surface area (Å²) in [5.41, 5.74) is 24.9. The molecule has 0 aliphatic heterocycles. The van der Waals surface area contributed by atoms with E-state index in [0.29, 0.717) is 0 Å². The minimum atomic E-state index is 0.933. The molecule has 11 aromatic rings. The van der Waals surface area contributed by atoms with E-state index in [0.717, 1.165) is 73.4 Å². The van der Waals surface area contributed by atoms with E-state index >= 15 is 0 Å². The van der Waals surface area contributed by atoms with Crippen molar-refractivity contribution in [3.05, 3.63) is 239 Å². The van der Waals surface area contributed by atoms with Crippen molar-refractivity contribution in [1.82, 2.24) is 22.8 Å². The monoisotopic (exact) mass is 969 g/mol. The van der Waals surface area contributed by atoms with Crippen molar-refractivity contribution in [2.75, 3.05) is 0 Å². The second-order valence-electron chi connectivity index (χ2n) is 20.6. The van der Waals surface area contributed by atoms with Gasteiger partial charge in [0, 0.05) is 95.0 Å². The number of aromatic nitrogens is 5. The Morgan fingerprint density at radius 2 is 1.24 bits per heavy atom. The third kappa shape index (κ3) is 7.05. The molecule has 75 heavy (non-hydrogen) atoms. The highest BCUT2D eigenvalue weighted by Gasteiger charge is 2.27. The third-order valence-electron chi connectivity index (χ3n) is 16.3. The summed E-state index contributed by atoms with van der Waals surface area (Å²) in [5, 5.41) is 6.43. The number of para-hydroxylation sites is 4. The second-order valence-corrected chi connectivity index (χ2v) is 20.6. The van der Waals surface area contributed by atoms with Crippen LogP contribution in [-0.4, -0.2) is 22.8 Å². The molecule has 0 spiro atoms. The first-order valence-corrected chi connectivity index (χ1v) is 26.9. The molecule has 0 bridgehead atoms. The molecule has 14 rings (SSSR count). The Morgan fingerprint density at radius 3 is 2.03 bits per heavy atom. The maximum atomic E-state index is 4.31. The summed E-state index contributed by atoms with van der Waals surface area (Å²) in [6.07, 6.45) is 32.3. The van der Waals surface area contributed by atoms with Crippen LogP contribution in [0.15, 0.2) is 183 Å². The molecule has 0 radical (unpaired) electrons. The molecule has 5 heteroatoms. The van der Waals surface area contributed by atoms with Crippen molar-refractivity contribution in [1.29, 1.82) is 0 Å². The van der Waals surface area contributed by atoms with E-state index in [9.17, 15) is 0 Å². The highest BCUT2D eigenvalue weighted by atomic mass is 15.1. The van der Waals surface area contributed by atoms with Crippen molar-refractivity contribution in [2.24, 2.45) is 0 Å². The fourth-order valence-corrected chi connectivity index (χ4v) is 13.1. The first-order chi connectivity index (χ1) is 37.0. The van der Waals surface area contributed by atoms with E-state index in [1.54, 1.807) is 0 Å². The van der Waals surface area contributed by atoms with E-state index in [2.05, 4.69) is 250 Å². The summed E-state index contributed by atoms with van der Waals surface area (Å²) in [4.78, 5) is 0. The molecule has 5 aromatic heterocycles. The van der Waals surface area contributed by atoms with Crippen LogP contribution >= 0.6 is 0 Å². The molecule has 0 atom stereocenters. The molecule has 5 heterocycles. The highest BCUT2D eigenvalue weighted by molar-refractivity contribution is 6.13. The van der Waals surface area contributed by atoms with Crippen LogP contribution in [0.2, 0.25) is 0 Å². The average molecular weight is 970 g/mol. The lowest BCUT2D eigenvalue weighted by molar-refractivity contribution is 0.885. The molecule has 6 aromatic carbocycles. The molecule has 5 nitrogen and oxygen atoms in total. The summed E-state index contributed by atoms with van der Waals surface area (Å²) in [7, 11) is 0. The smallest absolute Gasteiger partial charge is 0.0634 e. The van der Waals surface area contributed by atoms with Gasteiger partial charge in [-0.1, -0.05) is 129 Å². The number of hydrogen-bond donors (Lipinski definition) is 0. The van der Waals surface area contributed by atoms with Gasteiger partial charge >= 0.3 is 0 Å². The molecule has 3 aliphatic carbocycles. The van der Waals surface area contributed by atoms with Crippen LogP contribution in [-0.2, 0) is 25.7 Å². The predicted octanol–water partition coefficient (Wildman–Crippen LogP) is 17.9. The number of benzene rings is 6. The van der Waals surface area contributed by atoms with Crippen LogP contribution in [0.25, 0.3) is 113 Å². The standard InChI is InChI=1S/C70H59N5/c1-5-22-51(73-67-36-21-15-30-60(67)69-68(73)40-38-59-58-29-14-20-35-66(58)75(70(59)69)50-24-8-7-9-25-50)41-46(3)71-61(47(4)55-26-11-17-32-63(55)71)39-37-52-44-49-23-10-16-31-62(49)72(52)53-42-48(6-2)43-54(45-53)74-64-33-18-12-27-56(64)57-28-13-19-34-65(57)74/h5,7-14,16-18,21-29,31-33,36-45H,1,6,15,19-20,30,34-35H2,2-4H3/b39-37-,46-41+,51-22+. The Balaban J connectivity index is 0.931. The molecule has 0 saturated heterocycles. The number of allylic oxidation sites excluding steroid dienone is 8. The zero-order valence-corrected chi connectivity index (χ0v) is 43.0. The van der Waals surface area contributed by atoms with Crippen molar-refractivity contribution in [2.45, 2.75) is 65.7 Å². The molecular weight excluding hydrogens is 911 g/mol. The Kier molecular flexibility index (Phi) is 10.8. The van der Waals surface area contributed by atoms with Gasteiger partial charge in [0.25, 0.3) is 0 Å². The van der Waals surface area contributed by atoms with Crippen molar-refractivity contribution in [3.8, 4) is 17.1 Å². The normalized spacial score (nSPS) is 14.6. The van der Waals surface area contributed by atoms with Gasteiger partial charge in [-0.25, -0.2) is 0 Å². The molecule has 0 saturated carbocycles. The van der Waals surface area contributed by atoms with E-state index in [-0.39, 0.29) is 0 Å². The lowest BCUT2D eigenvalue weighted by atomic mass is 9.98. The zero-order chi connectivity index (χ0) is 50.3. The van der Waals surface area contributed by atoms with Gasteiger partial charge in [0.15, 0.2) is 0 Å². The molecular formula is C70H59N5. The Labute approximate surface area is 438 Å². The summed E-state index contributed by atoms with van der Waals surface area (Å²) in [6, 6.07) is 51.9. The highest BCUT2D eigenvalue weighted by Crippen LogP contribution is 2.44. The predicted molar refractivity (Wildman–Crippen MR) is 320 cm³/mol. The Bertz CT molecular complexity index is 4360. The van der Waals surface area contributed by atoms with Gasteiger partial charge < -0.3 is 22.8 Å². The summed E-state index contributed by atoms with van der Waals surface area (Å²) < 4.78 is 12.5. The lowest BCUT2D eigenvalue weighted by Crippen LogP contribution is -2.06. The lowest BCUT2D eigenvalue weighted by Gasteiger charge is -2.18. The quantitative estimate of drug-likeness (QED) is 0.122. The summed E-state index contributed by atoms with van der Waals surface area (Å²) in [5.74, 6) is 0. The van der Waals surface area contributed by atoms with Crippen LogP contribution in [0.4, 0.5) is 0 Å². The van der Waals surface area contributed by atoms with Crippen LogP contribution in [0.3, 0.4) is 0 Å². The van der Waals surface area contributed by atoms with Gasteiger partial charge in [-0.15, -0.1) is 0 Å². The first-order valence-electron chi connectivity index (χ1n) is 26.9. The number of hydrogen-bond acceptors (Lipinski definition) is 0. The van der Waals surface area contributed by atoms with Crippen LogP contribution in [0.5, 0.6) is 0 Å². The number of aryl methyl sites for hydroxylation is 3. The summed E-state index contributed by atoms with van der Waals surface area (Å²) in [6.45, 7) is 11.1. The number of fused-ring (bicyclic) bond motifs is 12. The van der Waals surface area contributed by atoms with Gasteiger partial charge in [0.05, 0.1) is 27.6 Å². The van der Waals surface area contributed by atoms with Gasteiger partial charge in [-0.2, -0.15) is 0 Å². The minimum absolute atomic E-state index is 0.933. The van der Waals surface area contributed by atoms with Crippen molar-refractivity contribution < 1.29 is 0 Å². The summed E-state index contributed by atoms with van der Waals surface area (Å²) >= 11 is 0. The Hall–Kier alpha value is -8.80.